The summed E-state index contributed by atoms with van der Waals surface area (Å²) in [6.07, 6.45) is 0.956. The van der Waals surface area contributed by atoms with Crippen molar-refractivity contribution in [2.24, 2.45) is 5.73 Å². The van der Waals surface area contributed by atoms with Crippen LogP contribution in [0.5, 0.6) is 0 Å². The van der Waals surface area contributed by atoms with Gasteiger partial charge in [0.1, 0.15) is 6.54 Å². The number of nitrogens with zero attached hydrogens (tertiary/aromatic N) is 2. The molecule has 0 bridgehead atoms. The number of carbonyl (C=O) groups excluding carboxylic acids is 3. The second-order valence-electron chi connectivity index (χ2n) is 5.43. The zero-order valence-corrected chi connectivity index (χ0v) is 13.0. The van der Waals surface area contributed by atoms with Gasteiger partial charge in [0, 0.05) is 32.6 Å². The molecule has 1 aromatic rings. The maximum absolute atomic E-state index is 12.4. The molecule has 2 rings (SSSR count). The SMILES string of the molecule is NCCN(CCc1ccccc1)C(=O)CN1CCC(=O)NC1=O. The van der Waals surface area contributed by atoms with Crippen LogP contribution in [-0.2, 0) is 16.0 Å². The Morgan fingerprint density at radius 3 is 2.61 bits per heavy atom. The van der Waals surface area contributed by atoms with Crippen LogP contribution in [0.3, 0.4) is 0 Å². The van der Waals surface area contributed by atoms with Crippen LogP contribution >= 0.6 is 0 Å². The van der Waals surface area contributed by atoms with Crippen LogP contribution in [0.25, 0.3) is 0 Å². The molecule has 0 spiro atoms. The molecule has 4 amide bonds. The Kier molecular flexibility index (Phi) is 6.10. The van der Waals surface area contributed by atoms with Gasteiger partial charge >= 0.3 is 6.03 Å². The van der Waals surface area contributed by atoms with Crippen molar-refractivity contribution in [3.8, 4) is 0 Å². The van der Waals surface area contributed by atoms with Crippen LogP contribution in [0.1, 0.15) is 12.0 Å². The van der Waals surface area contributed by atoms with Crippen molar-refractivity contribution >= 4 is 17.8 Å². The first-order valence-corrected chi connectivity index (χ1v) is 7.70. The van der Waals surface area contributed by atoms with Crippen molar-refractivity contribution in [1.82, 2.24) is 15.1 Å². The average Bonchev–Trinajstić information content (AvgIpc) is 2.55. The van der Waals surface area contributed by atoms with Gasteiger partial charge in [0.15, 0.2) is 0 Å². The second-order valence-corrected chi connectivity index (χ2v) is 5.43. The van der Waals surface area contributed by atoms with Gasteiger partial charge in [-0.15, -0.1) is 0 Å². The molecule has 3 N–H and O–H groups in total. The van der Waals surface area contributed by atoms with E-state index in [1.807, 2.05) is 30.3 Å². The molecule has 0 saturated carbocycles. The van der Waals surface area contributed by atoms with Gasteiger partial charge in [-0.1, -0.05) is 30.3 Å². The Bertz CT molecular complexity index is 562. The number of nitrogens with two attached hydrogens (primary N) is 1. The summed E-state index contributed by atoms with van der Waals surface area (Å²) >= 11 is 0. The normalized spacial score (nSPS) is 14.6. The highest BCUT2D eigenvalue weighted by Gasteiger charge is 2.26. The number of nitrogens with one attached hydrogen (secondary N) is 1. The van der Waals surface area contributed by atoms with E-state index in [2.05, 4.69) is 5.32 Å². The van der Waals surface area contributed by atoms with Gasteiger partial charge in [0.2, 0.25) is 11.8 Å². The van der Waals surface area contributed by atoms with Crippen LogP contribution in [0.2, 0.25) is 0 Å². The van der Waals surface area contributed by atoms with E-state index in [-0.39, 0.29) is 31.3 Å². The van der Waals surface area contributed by atoms with E-state index in [9.17, 15) is 14.4 Å². The van der Waals surface area contributed by atoms with E-state index >= 15 is 0 Å². The number of rotatable bonds is 7. The third kappa shape index (κ3) is 5.07. The summed E-state index contributed by atoms with van der Waals surface area (Å²) in [7, 11) is 0. The van der Waals surface area contributed by atoms with Crippen LogP contribution in [-0.4, -0.2) is 60.4 Å². The lowest BCUT2D eigenvalue weighted by atomic mass is 10.1. The van der Waals surface area contributed by atoms with Gasteiger partial charge in [0.05, 0.1) is 0 Å². The number of amides is 4. The molecule has 0 radical (unpaired) electrons. The molecule has 0 unspecified atom stereocenters. The van der Waals surface area contributed by atoms with Gasteiger partial charge in [0.25, 0.3) is 0 Å². The highest BCUT2D eigenvalue weighted by atomic mass is 16.2. The molecule has 0 aromatic heterocycles. The quantitative estimate of drug-likeness (QED) is 0.737. The number of benzene rings is 1. The topological polar surface area (TPSA) is 95.7 Å². The Balaban J connectivity index is 1.90. The lowest BCUT2D eigenvalue weighted by Crippen LogP contribution is -2.53. The number of hydrogen-bond acceptors (Lipinski definition) is 4. The lowest BCUT2D eigenvalue weighted by Gasteiger charge is -2.29. The minimum Gasteiger partial charge on any atom is -0.340 e. The number of imide groups is 1. The number of hydrogen-bond donors (Lipinski definition) is 2. The standard InChI is InChI=1S/C16H22N4O3/c17-8-11-19(9-6-13-4-2-1-3-5-13)15(22)12-20-10-7-14(21)18-16(20)23/h1-5H,6-12,17H2,(H,18,21,23). The summed E-state index contributed by atoms with van der Waals surface area (Å²) in [5, 5.41) is 2.22. The van der Waals surface area contributed by atoms with E-state index in [0.717, 1.165) is 12.0 Å². The minimum absolute atomic E-state index is 0.0338. The monoisotopic (exact) mass is 318 g/mol. The highest BCUT2D eigenvalue weighted by Crippen LogP contribution is 2.05. The molecule has 0 aliphatic carbocycles. The Morgan fingerprint density at radius 1 is 1.22 bits per heavy atom. The first-order valence-electron chi connectivity index (χ1n) is 7.70. The Morgan fingerprint density at radius 2 is 1.96 bits per heavy atom. The summed E-state index contributed by atoms with van der Waals surface area (Å²) < 4.78 is 0. The Hall–Kier alpha value is -2.41. The van der Waals surface area contributed by atoms with Crippen LogP contribution in [0.4, 0.5) is 4.79 Å². The predicted molar refractivity (Wildman–Crippen MR) is 85.5 cm³/mol. The highest BCUT2D eigenvalue weighted by molar-refractivity contribution is 5.98. The minimum atomic E-state index is -0.509. The molecule has 124 valence electrons. The molecule has 1 aromatic carbocycles. The van der Waals surface area contributed by atoms with Crippen molar-refractivity contribution < 1.29 is 14.4 Å². The third-order valence-electron chi connectivity index (χ3n) is 3.73. The maximum atomic E-state index is 12.4. The average molecular weight is 318 g/mol. The molecule has 1 saturated heterocycles. The van der Waals surface area contributed by atoms with Crippen LogP contribution in [0.15, 0.2) is 30.3 Å². The summed E-state index contributed by atoms with van der Waals surface area (Å²) in [5.74, 6) is -0.461. The van der Waals surface area contributed by atoms with Crippen molar-refractivity contribution in [2.75, 3.05) is 32.7 Å². The Labute approximate surface area is 135 Å². The molecule has 23 heavy (non-hydrogen) atoms. The van der Waals surface area contributed by atoms with Gasteiger partial charge in [-0.3, -0.25) is 14.9 Å². The van der Waals surface area contributed by atoms with E-state index < -0.39 is 6.03 Å². The molecule has 1 heterocycles. The third-order valence-corrected chi connectivity index (χ3v) is 3.73. The molecular formula is C16H22N4O3. The van der Waals surface area contributed by atoms with E-state index in [4.69, 9.17) is 5.73 Å². The molecular weight excluding hydrogens is 296 g/mol. The number of urea groups is 1. The zero-order chi connectivity index (χ0) is 16.7. The van der Waals surface area contributed by atoms with Crippen molar-refractivity contribution in [3.63, 3.8) is 0 Å². The van der Waals surface area contributed by atoms with Crippen LogP contribution in [0, 0.1) is 0 Å². The zero-order valence-electron chi connectivity index (χ0n) is 13.0. The molecule has 0 atom stereocenters. The molecule has 1 aliphatic rings. The van der Waals surface area contributed by atoms with Crippen molar-refractivity contribution in [3.05, 3.63) is 35.9 Å². The molecule has 7 nitrogen and oxygen atoms in total. The maximum Gasteiger partial charge on any atom is 0.324 e. The first kappa shape index (κ1) is 17.0. The summed E-state index contributed by atoms with van der Waals surface area (Å²) in [6, 6.07) is 9.37. The summed E-state index contributed by atoms with van der Waals surface area (Å²) in [6.45, 7) is 1.60. The predicted octanol–water partition coefficient (Wildman–Crippen LogP) is -0.0417. The first-order chi connectivity index (χ1) is 11.1. The van der Waals surface area contributed by atoms with E-state index in [1.165, 1.54) is 4.90 Å². The summed E-state index contributed by atoms with van der Waals surface area (Å²) in [4.78, 5) is 38.3. The lowest BCUT2D eigenvalue weighted by molar-refractivity contribution is -0.132. The van der Waals surface area contributed by atoms with Gasteiger partial charge in [-0.25, -0.2) is 4.79 Å². The molecule has 1 fully saturated rings. The summed E-state index contributed by atoms with van der Waals surface area (Å²) in [5.41, 5.74) is 6.73. The largest absolute Gasteiger partial charge is 0.340 e. The second kappa shape index (κ2) is 8.28. The van der Waals surface area contributed by atoms with Gasteiger partial charge in [-0.05, 0) is 12.0 Å². The fourth-order valence-electron chi connectivity index (χ4n) is 2.44. The van der Waals surface area contributed by atoms with Gasteiger partial charge in [-0.2, -0.15) is 0 Å². The smallest absolute Gasteiger partial charge is 0.324 e. The molecule has 7 heteroatoms. The number of carbonyl (C=O) groups is 3. The van der Waals surface area contributed by atoms with E-state index in [1.54, 1.807) is 4.90 Å². The van der Waals surface area contributed by atoms with E-state index in [0.29, 0.717) is 19.6 Å². The fraction of sp³-hybridized carbons (Fsp3) is 0.438. The van der Waals surface area contributed by atoms with Crippen molar-refractivity contribution in [1.29, 1.82) is 0 Å². The van der Waals surface area contributed by atoms with Crippen molar-refractivity contribution in [2.45, 2.75) is 12.8 Å². The van der Waals surface area contributed by atoms with Gasteiger partial charge < -0.3 is 15.5 Å². The molecule has 1 aliphatic heterocycles. The van der Waals surface area contributed by atoms with Crippen LogP contribution < -0.4 is 11.1 Å². The fourth-order valence-corrected chi connectivity index (χ4v) is 2.44.